The Kier molecular flexibility index (Phi) is 6.55. The van der Waals surface area contributed by atoms with Crippen LogP contribution in [0.5, 0.6) is 11.5 Å². The molecule has 0 N–H and O–H groups in total. The minimum Gasteiger partial charge on any atom is -0.457 e. The van der Waals surface area contributed by atoms with E-state index in [9.17, 15) is 0 Å². The van der Waals surface area contributed by atoms with Crippen molar-refractivity contribution in [3.05, 3.63) is 222 Å². The third-order valence-electron chi connectivity index (χ3n) is 11.9. The second-order valence-electron chi connectivity index (χ2n) is 14.8. The fourth-order valence-corrected chi connectivity index (χ4v) is 9.69. The van der Waals surface area contributed by atoms with Gasteiger partial charge in [-0.1, -0.05) is 152 Å². The van der Waals surface area contributed by atoms with Crippen LogP contribution in [0.1, 0.15) is 22.3 Å². The van der Waals surface area contributed by atoms with Crippen molar-refractivity contribution in [2.24, 2.45) is 0 Å². The lowest BCUT2D eigenvalue weighted by Gasteiger charge is -2.40. The number of ether oxygens (including phenoxy) is 1. The maximum atomic E-state index is 6.84. The molecule has 0 saturated carbocycles. The maximum Gasteiger partial charge on any atom is 0.137 e. The lowest BCUT2D eigenvalue weighted by Crippen LogP contribution is -2.32. The molecule has 3 heteroatoms. The van der Waals surface area contributed by atoms with E-state index in [0.717, 1.165) is 67.2 Å². The number of fused-ring (bicyclic) bond motifs is 14. The average Bonchev–Trinajstić information content (AvgIpc) is 3.78. The fourth-order valence-electron chi connectivity index (χ4n) is 9.69. The van der Waals surface area contributed by atoms with Crippen molar-refractivity contribution in [1.29, 1.82) is 0 Å². The zero-order valence-corrected chi connectivity index (χ0v) is 30.3. The summed E-state index contributed by atoms with van der Waals surface area (Å²) in [7, 11) is 0. The molecule has 1 aliphatic heterocycles. The molecule has 1 atom stereocenters. The minimum atomic E-state index is -0.647. The van der Waals surface area contributed by atoms with Gasteiger partial charge in [0, 0.05) is 27.8 Å². The summed E-state index contributed by atoms with van der Waals surface area (Å²) < 4.78 is 13.4. The number of rotatable bonds is 4. The predicted octanol–water partition coefficient (Wildman–Crippen LogP) is 14.3. The van der Waals surface area contributed by atoms with Gasteiger partial charge in [-0.3, -0.25) is 0 Å². The van der Waals surface area contributed by atoms with Crippen LogP contribution in [0.2, 0.25) is 0 Å². The molecule has 0 radical (unpaired) electrons. The van der Waals surface area contributed by atoms with E-state index in [4.69, 9.17) is 9.15 Å². The molecule has 0 amide bonds. The van der Waals surface area contributed by atoms with Crippen LogP contribution in [0.3, 0.4) is 0 Å². The van der Waals surface area contributed by atoms with Gasteiger partial charge in [0.2, 0.25) is 0 Å². The summed E-state index contributed by atoms with van der Waals surface area (Å²) in [6, 6.07) is 72.0. The summed E-state index contributed by atoms with van der Waals surface area (Å²) in [6.45, 7) is 0. The Labute approximate surface area is 324 Å². The van der Waals surface area contributed by atoms with Crippen LogP contribution in [0.15, 0.2) is 205 Å². The minimum absolute atomic E-state index is 0.647. The Hall–Kier alpha value is -7.36. The van der Waals surface area contributed by atoms with Gasteiger partial charge in [0.15, 0.2) is 0 Å². The van der Waals surface area contributed by atoms with Gasteiger partial charge in [-0.2, -0.15) is 0 Å². The lowest BCUT2D eigenvalue weighted by atomic mass is 9.65. The third-order valence-corrected chi connectivity index (χ3v) is 11.9. The molecule has 56 heavy (non-hydrogen) atoms. The predicted molar refractivity (Wildman–Crippen MR) is 229 cm³/mol. The first-order valence-electron chi connectivity index (χ1n) is 19.2. The summed E-state index contributed by atoms with van der Waals surface area (Å²) in [4.78, 5) is 2.44. The first-order chi connectivity index (χ1) is 27.8. The second kappa shape index (κ2) is 11.8. The van der Waals surface area contributed by atoms with Crippen molar-refractivity contribution in [3.8, 4) is 33.8 Å². The Balaban J connectivity index is 1.21. The van der Waals surface area contributed by atoms with Crippen LogP contribution in [0.25, 0.3) is 55.0 Å². The van der Waals surface area contributed by atoms with E-state index in [1.165, 1.54) is 38.6 Å². The molecule has 1 spiro atoms. The highest BCUT2D eigenvalue weighted by Crippen LogP contribution is 2.64. The van der Waals surface area contributed by atoms with E-state index in [1.807, 2.05) is 6.07 Å². The highest BCUT2D eigenvalue weighted by Gasteiger charge is 2.52. The van der Waals surface area contributed by atoms with Crippen LogP contribution >= 0.6 is 0 Å². The van der Waals surface area contributed by atoms with Crippen LogP contribution in [-0.4, -0.2) is 0 Å². The largest absolute Gasteiger partial charge is 0.457 e. The lowest BCUT2D eigenvalue weighted by molar-refractivity contribution is 0.438. The number of anilines is 3. The Morgan fingerprint density at radius 2 is 1.09 bits per heavy atom. The molecule has 10 aromatic rings. The molecular weight excluding hydrogens is 683 g/mol. The molecule has 2 heterocycles. The quantitative estimate of drug-likeness (QED) is 0.181. The first-order valence-corrected chi connectivity index (χ1v) is 19.2. The van der Waals surface area contributed by atoms with Crippen molar-refractivity contribution in [1.82, 2.24) is 0 Å². The van der Waals surface area contributed by atoms with Crippen LogP contribution in [-0.2, 0) is 5.41 Å². The van der Waals surface area contributed by atoms with E-state index in [0.29, 0.717) is 0 Å². The summed E-state index contributed by atoms with van der Waals surface area (Å²) in [5.74, 6) is 1.76. The van der Waals surface area contributed by atoms with Crippen molar-refractivity contribution >= 4 is 49.8 Å². The molecule has 1 aromatic heterocycles. The average molecular weight is 716 g/mol. The number of hydrogen-bond acceptors (Lipinski definition) is 3. The second-order valence-corrected chi connectivity index (χ2v) is 14.8. The van der Waals surface area contributed by atoms with Crippen LogP contribution < -0.4 is 9.64 Å². The molecule has 2 aliphatic rings. The highest BCUT2D eigenvalue weighted by atomic mass is 16.5. The SMILES string of the molecule is c1ccc(-c2ccccc2N(c2ccc3c(c2)C2(c4ccccc4Oc4ccc5ccccc5c42)c2ccccc2-3)c2cccc3oc4ccccc4c23)cc1. The summed E-state index contributed by atoms with van der Waals surface area (Å²) in [5, 5.41) is 4.54. The van der Waals surface area contributed by atoms with Gasteiger partial charge in [0.05, 0.1) is 22.2 Å². The molecule has 0 fully saturated rings. The molecule has 1 unspecified atom stereocenters. The van der Waals surface area contributed by atoms with E-state index >= 15 is 0 Å². The Morgan fingerprint density at radius 3 is 2.00 bits per heavy atom. The number of hydrogen-bond donors (Lipinski definition) is 0. The fraction of sp³-hybridized carbons (Fsp3) is 0.0189. The van der Waals surface area contributed by atoms with Crippen molar-refractivity contribution in [2.75, 3.05) is 4.90 Å². The van der Waals surface area contributed by atoms with Crippen molar-refractivity contribution < 1.29 is 9.15 Å². The number of benzene rings is 9. The zero-order chi connectivity index (χ0) is 36.8. The Bertz CT molecular complexity index is 3200. The van der Waals surface area contributed by atoms with E-state index in [-0.39, 0.29) is 0 Å². The van der Waals surface area contributed by atoms with Gasteiger partial charge in [0.1, 0.15) is 22.7 Å². The normalized spacial score (nSPS) is 15.0. The van der Waals surface area contributed by atoms with Crippen LogP contribution in [0.4, 0.5) is 17.1 Å². The smallest absolute Gasteiger partial charge is 0.137 e. The van der Waals surface area contributed by atoms with Crippen molar-refractivity contribution in [3.63, 3.8) is 0 Å². The molecule has 12 rings (SSSR count). The van der Waals surface area contributed by atoms with Gasteiger partial charge < -0.3 is 14.1 Å². The number of nitrogens with zero attached hydrogens (tertiary/aromatic N) is 1. The first kappa shape index (κ1) is 31.0. The monoisotopic (exact) mass is 715 g/mol. The van der Waals surface area contributed by atoms with E-state index in [1.54, 1.807) is 0 Å². The summed E-state index contributed by atoms with van der Waals surface area (Å²) >= 11 is 0. The number of para-hydroxylation sites is 3. The van der Waals surface area contributed by atoms with Gasteiger partial charge >= 0.3 is 0 Å². The molecule has 9 aromatic carbocycles. The summed E-state index contributed by atoms with van der Waals surface area (Å²) in [6.07, 6.45) is 0. The molecule has 0 bridgehead atoms. The third kappa shape index (κ3) is 4.22. The molecule has 262 valence electrons. The molecule has 1 aliphatic carbocycles. The summed E-state index contributed by atoms with van der Waals surface area (Å²) in [5.41, 5.74) is 13.9. The topological polar surface area (TPSA) is 25.6 Å². The highest BCUT2D eigenvalue weighted by molar-refractivity contribution is 6.14. The van der Waals surface area contributed by atoms with Crippen molar-refractivity contribution in [2.45, 2.75) is 5.41 Å². The standard InChI is InChI=1S/C53H33NO2/c1-2-15-34(16-3-1)37-18-7-11-24-45(37)54(46-25-14-28-49-51(46)41-21-8-12-26-47(41)55-49)36-30-31-40-39-20-6-9-22-42(39)53(44(40)33-36)43-23-10-13-27-48(43)56-50-32-29-35-17-4-5-19-38(35)52(50)53/h1-33H. The van der Waals surface area contributed by atoms with Crippen LogP contribution in [0, 0.1) is 0 Å². The van der Waals surface area contributed by atoms with E-state index in [2.05, 4.69) is 199 Å². The maximum absolute atomic E-state index is 6.84. The van der Waals surface area contributed by atoms with Gasteiger partial charge in [0.25, 0.3) is 0 Å². The van der Waals surface area contributed by atoms with E-state index < -0.39 is 5.41 Å². The van der Waals surface area contributed by atoms with Gasteiger partial charge in [-0.15, -0.1) is 0 Å². The Morgan fingerprint density at radius 1 is 0.411 bits per heavy atom. The molecule has 0 saturated heterocycles. The van der Waals surface area contributed by atoms with Gasteiger partial charge in [-0.05, 0) is 87.1 Å². The van der Waals surface area contributed by atoms with Gasteiger partial charge in [-0.25, -0.2) is 0 Å². The number of furan rings is 1. The molecular formula is C53H33NO2. The zero-order valence-electron chi connectivity index (χ0n) is 30.3. The molecule has 3 nitrogen and oxygen atoms in total.